The van der Waals surface area contributed by atoms with Gasteiger partial charge in [0.25, 0.3) is 5.56 Å². The largest absolute Gasteiger partial charge is 0.383 e. The number of nitrogens with one attached hydrogen (secondary N) is 1. The average molecular weight is 451 g/mol. The first-order valence-electron chi connectivity index (χ1n) is 10.4. The van der Waals surface area contributed by atoms with Crippen molar-refractivity contribution in [1.29, 1.82) is 0 Å². The number of aryl methyl sites for hydroxylation is 1. The molecule has 0 saturated carbocycles. The molecular weight excluding hydrogens is 429 g/mol. The second kappa shape index (κ2) is 10.1. The molecule has 4 rings (SSSR count). The predicted octanol–water partition coefficient (Wildman–Crippen LogP) is 2.72. The van der Waals surface area contributed by atoms with Crippen molar-refractivity contribution in [2.24, 2.45) is 0 Å². The van der Waals surface area contributed by atoms with Gasteiger partial charge in [-0.25, -0.2) is 9.37 Å². The van der Waals surface area contributed by atoms with E-state index >= 15 is 0 Å². The lowest BCUT2D eigenvalue weighted by Crippen LogP contribution is -2.34. The molecule has 2 heterocycles. The average Bonchev–Trinajstić information content (AvgIpc) is 3.30. The van der Waals surface area contributed by atoms with Crippen molar-refractivity contribution >= 4 is 16.8 Å². The lowest BCUT2D eigenvalue weighted by atomic mass is 10.2. The smallest absolute Gasteiger partial charge is 0.258 e. The van der Waals surface area contributed by atoms with Crippen LogP contribution in [0.4, 0.5) is 4.39 Å². The van der Waals surface area contributed by atoms with Gasteiger partial charge in [0.2, 0.25) is 17.6 Å². The Balaban J connectivity index is 1.44. The molecule has 0 aliphatic heterocycles. The van der Waals surface area contributed by atoms with E-state index in [1.54, 1.807) is 48.4 Å². The fraction of sp³-hybridized carbons (Fsp3) is 0.261. The molecule has 0 atom stereocenters. The van der Waals surface area contributed by atoms with E-state index in [2.05, 4.69) is 20.1 Å². The quantitative estimate of drug-likeness (QED) is 0.416. The maximum atomic E-state index is 13.1. The summed E-state index contributed by atoms with van der Waals surface area (Å²) in [4.78, 5) is 38.3. The minimum Gasteiger partial charge on any atom is -0.383 e. The molecule has 0 saturated heterocycles. The van der Waals surface area contributed by atoms with Crippen molar-refractivity contribution < 1.29 is 18.4 Å². The second-order valence-corrected chi connectivity index (χ2v) is 7.36. The van der Waals surface area contributed by atoms with Crippen LogP contribution in [-0.4, -0.2) is 51.2 Å². The number of hydrogen-bond acceptors (Lipinski definition) is 7. The third-order valence-corrected chi connectivity index (χ3v) is 5.04. The zero-order chi connectivity index (χ0) is 23.2. The Morgan fingerprint density at radius 1 is 1.15 bits per heavy atom. The number of fused-ring (bicyclic) bond motifs is 1. The van der Waals surface area contributed by atoms with Gasteiger partial charge in [0.1, 0.15) is 11.6 Å². The molecule has 4 aromatic rings. The third-order valence-electron chi connectivity index (χ3n) is 5.04. The van der Waals surface area contributed by atoms with Gasteiger partial charge in [-0.15, -0.1) is 0 Å². The summed E-state index contributed by atoms with van der Waals surface area (Å²) in [5.41, 5.74) is 0.925. The van der Waals surface area contributed by atoms with Crippen molar-refractivity contribution in [3.8, 4) is 11.4 Å². The molecule has 0 aliphatic rings. The number of rotatable bonds is 9. The number of benzene rings is 2. The topological polar surface area (TPSA) is 114 Å². The highest BCUT2D eigenvalue weighted by atomic mass is 19.1. The van der Waals surface area contributed by atoms with Gasteiger partial charge in [0, 0.05) is 32.1 Å². The highest BCUT2D eigenvalue weighted by molar-refractivity contribution is 5.78. The van der Waals surface area contributed by atoms with Crippen LogP contribution in [0.2, 0.25) is 0 Å². The van der Waals surface area contributed by atoms with E-state index in [0.29, 0.717) is 47.2 Å². The fourth-order valence-electron chi connectivity index (χ4n) is 3.33. The van der Waals surface area contributed by atoms with E-state index in [1.165, 1.54) is 12.1 Å². The molecular formula is C23H22FN5O4. The van der Waals surface area contributed by atoms with E-state index in [0.717, 1.165) is 0 Å². The lowest BCUT2D eigenvalue weighted by molar-refractivity contribution is -0.132. The Bertz CT molecular complexity index is 1300. The molecule has 1 amide bonds. The molecule has 0 aliphatic carbocycles. The van der Waals surface area contributed by atoms with Gasteiger partial charge in [-0.3, -0.25) is 9.59 Å². The van der Waals surface area contributed by atoms with Gasteiger partial charge in [0.05, 0.1) is 24.1 Å². The zero-order valence-corrected chi connectivity index (χ0v) is 18.0. The summed E-state index contributed by atoms with van der Waals surface area (Å²) in [6, 6.07) is 12.8. The Morgan fingerprint density at radius 2 is 1.94 bits per heavy atom. The summed E-state index contributed by atoms with van der Waals surface area (Å²) in [6.07, 6.45) is 0.352. The SMILES string of the molecule is COCCN(Cc1nc2ccccc2c(=O)[nH]1)C(=O)CCc1nc(-c2ccc(F)cc2)no1. The van der Waals surface area contributed by atoms with Crippen LogP contribution in [0.25, 0.3) is 22.3 Å². The van der Waals surface area contributed by atoms with E-state index in [9.17, 15) is 14.0 Å². The molecule has 9 nitrogen and oxygen atoms in total. The van der Waals surface area contributed by atoms with Gasteiger partial charge in [-0.1, -0.05) is 17.3 Å². The van der Waals surface area contributed by atoms with Gasteiger partial charge >= 0.3 is 0 Å². The van der Waals surface area contributed by atoms with E-state index in [-0.39, 0.29) is 36.7 Å². The number of ether oxygens (including phenoxy) is 1. The Hall–Kier alpha value is -3.92. The fourth-order valence-corrected chi connectivity index (χ4v) is 3.33. The molecule has 0 bridgehead atoms. The van der Waals surface area contributed by atoms with Gasteiger partial charge in [-0.05, 0) is 36.4 Å². The van der Waals surface area contributed by atoms with Gasteiger partial charge < -0.3 is 19.1 Å². The van der Waals surface area contributed by atoms with Crippen LogP contribution >= 0.6 is 0 Å². The van der Waals surface area contributed by atoms with Crippen LogP contribution in [-0.2, 0) is 22.5 Å². The van der Waals surface area contributed by atoms with Crippen molar-refractivity contribution in [1.82, 2.24) is 25.0 Å². The van der Waals surface area contributed by atoms with Crippen LogP contribution in [0.15, 0.2) is 57.8 Å². The summed E-state index contributed by atoms with van der Waals surface area (Å²) in [5.74, 6) is 0.480. The molecule has 170 valence electrons. The van der Waals surface area contributed by atoms with Crippen molar-refractivity contribution in [2.75, 3.05) is 20.3 Å². The molecule has 0 unspecified atom stereocenters. The molecule has 0 spiro atoms. The summed E-state index contributed by atoms with van der Waals surface area (Å²) < 4.78 is 23.5. The molecule has 2 aromatic heterocycles. The highest BCUT2D eigenvalue weighted by Gasteiger charge is 2.18. The van der Waals surface area contributed by atoms with Gasteiger partial charge in [0.15, 0.2) is 0 Å². The molecule has 2 aromatic carbocycles. The molecule has 33 heavy (non-hydrogen) atoms. The number of aromatic nitrogens is 4. The normalized spacial score (nSPS) is 11.1. The number of carbonyl (C=O) groups is 1. The third kappa shape index (κ3) is 5.47. The maximum Gasteiger partial charge on any atom is 0.258 e. The number of halogens is 1. The molecule has 1 N–H and O–H groups in total. The van der Waals surface area contributed by atoms with Crippen LogP contribution < -0.4 is 5.56 Å². The monoisotopic (exact) mass is 451 g/mol. The molecule has 10 heteroatoms. The number of carbonyl (C=O) groups excluding carboxylic acids is 1. The number of nitrogens with zero attached hydrogens (tertiary/aromatic N) is 4. The number of para-hydroxylation sites is 1. The van der Waals surface area contributed by atoms with Crippen molar-refractivity contribution in [3.05, 3.63) is 76.4 Å². The van der Waals surface area contributed by atoms with Crippen LogP contribution in [0, 0.1) is 5.82 Å². The number of hydrogen-bond donors (Lipinski definition) is 1. The highest BCUT2D eigenvalue weighted by Crippen LogP contribution is 2.17. The van der Waals surface area contributed by atoms with Crippen LogP contribution in [0.5, 0.6) is 0 Å². The summed E-state index contributed by atoms with van der Waals surface area (Å²) in [5, 5.41) is 4.38. The minimum atomic E-state index is -0.355. The summed E-state index contributed by atoms with van der Waals surface area (Å²) >= 11 is 0. The summed E-state index contributed by atoms with van der Waals surface area (Å²) in [7, 11) is 1.55. The first-order chi connectivity index (χ1) is 16.0. The number of H-pyrrole nitrogens is 1. The summed E-state index contributed by atoms with van der Waals surface area (Å²) in [6.45, 7) is 0.794. The van der Waals surface area contributed by atoms with E-state index < -0.39 is 0 Å². The molecule has 0 fully saturated rings. The molecule has 0 radical (unpaired) electrons. The van der Waals surface area contributed by atoms with Crippen LogP contribution in [0.3, 0.4) is 0 Å². The van der Waals surface area contributed by atoms with Crippen molar-refractivity contribution in [3.63, 3.8) is 0 Å². The predicted molar refractivity (Wildman–Crippen MR) is 118 cm³/mol. The first kappa shape index (κ1) is 22.3. The maximum absolute atomic E-state index is 13.1. The number of methoxy groups -OCH3 is 1. The van der Waals surface area contributed by atoms with Crippen molar-refractivity contribution in [2.45, 2.75) is 19.4 Å². The minimum absolute atomic E-state index is 0.118. The standard InChI is InChI=1S/C23H22FN5O4/c1-32-13-12-29(14-19-25-18-5-3-2-4-17(18)23(31)26-19)21(30)11-10-20-27-22(28-33-20)15-6-8-16(24)9-7-15/h2-9H,10-14H2,1H3,(H,25,26,31). The second-order valence-electron chi connectivity index (χ2n) is 7.36. The van der Waals surface area contributed by atoms with E-state index in [1.807, 2.05) is 0 Å². The number of aromatic amines is 1. The Morgan fingerprint density at radius 3 is 2.73 bits per heavy atom. The van der Waals surface area contributed by atoms with E-state index in [4.69, 9.17) is 9.26 Å². The zero-order valence-electron chi connectivity index (χ0n) is 18.0. The Labute approximate surface area is 188 Å². The lowest BCUT2D eigenvalue weighted by Gasteiger charge is -2.21. The number of amides is 1. The van der Waals surface area contributed by atoms with Gasteiger partial charge in [-0.2, -0.15) is 4.98 Å². The Kier molecular flexibility index (Phi) is 6.84. The first-order valence-corrected chi connectivity index (χ1v) is 10.4. The van der Waals surface area contributed by atoms with Crippen LogP contribution in [0.1, 0.15) is 18.1 Å².